The van der Waals surface area contributed by atoms with Gasteiger partial charge in [-0.25, -0.2) is 9.97 Å². The Morgan fingerprint density at radius 2 is 0.775 bits per heavy atom. The highest BCUT2D eigenvalue weighted by Crippen LogP contribution is 2.29. The fourth-order valence-corrected chi connectivity index (χ4v) is 2.88. The predicted molar refractivity (Wildman–Crippen MR) is 153 cm³/mol. The van der Waals surface area contributed by atoms with Crippen molar-refractivity contribution >= 4 is 0 Å². The number of nitrogens with one attached hydrogen (secondary N) is 2. The van der Waals surface area contributed by atoms with Gasteiger partial charge in [-0.15, -0.1) is 0 Å². The first-order valence-corrected chi connectivity index (χ1v) is 13.3. The first-order chi connectivity index (χ1) is 18.8. The number of ether oxygens (including phenoxy) is 4. The lowest BCUT2D eigenvalue weighted by atomic mass is 10.0. The molecule has 0 atom stereocenters. The molecule has 1 aliphatic rings. The van der Waals surface area contributed by atoms with Gasteiger partial charge in [-0.05, 0) is 35.1 Å². The van der Waals surface area contributed by atoms with Crippen molar-refractivity contribution in [1.29, 1.82) is 0 Å². The van der Waals surface area contributed by atoms with Crippen molar-refractivity contribution in [1.82, 2.24) is 30.4 Å². The van der Waals surface area contributed by atoms with E-state index in [2.05, 4.69) is 85.8 Å². The van der Waals surface area contributed by atoms with Crippen LogP contribution in [-0.4, -0.2) is 30.4 Å². The van der Waals surface area contributed by atoms with Gasteiger partial charge >= 0.3 is 0 Å². The summed E-state index contributed by atoms with van der Waals surface area (Å²) < 4.78 is 23.4. The highest BCUT2D eigenvalue weighted by molar-refractivity contribution is 5.40. The average Bonchev–Trinajstić information content (AvgIpc) is 3.51. The van der Waals surface area contributed by atoms with E-state index in [0.29, 0.717) is 57.1 Å². The number of para-hydroxylation sites is 4. The second kappa shape index (κ2) is 13.8. The lowest BCUT2D eigenvalue weighted by Crippen LogP contribution is -2.04. The zero-order valence-corrected chi connectivity index (χ0v) is 24.9. The second-order valence-electron chi connectivity index (χ2n) is 12.4. The van der Waals surface area contributed by atoms with E-state index in [9.17, 15) is 0 Å². The van der Waals surface area contributed by atoms with Gasteiger partial charge in [0, 0.05) is 0 Å². The lowest BCUT2D eigenvalue weighted by Gasteiger charge is -2.11. The van der Waals surface area contributed by atoms with Crippen LogP contribution in [-0.2, 0) is 26.4 Å². The summed E-state index contributed by atoms with van der Waals surface area (Å²) in [6, 6.07) is 14.8. The molecule has 5 rings (SSSR count). The van der Waals surface area contributed by atoms with Crippen LogP contribution >= 0.6 is 0 Å². The van der Waals surface area contributed by atoms with Crippen molar-refractivity contribution in [2.75, 3.05) is 0 Å². The molecule has 0 saturated heterocycles. The molecule has 0 aliphatic carbocycles. The molecule has 40 heavy (non-hydrogen) atoms. The van der Waals surface area contributed by atoms with Crippen molar-refractivity contribution in [3.8, 4) is 23.0 Å². The molecule has 0 saturated carbocycles. The van der Waals surface area contributed by atoms with E-state index in [1.54, 1.807) is 0 Å². The van der Waals surface area contributed by atoms with E-state index in [-0.39, 0.29) is 26.4 Å². The minimum absolute atomic E-state index is 0.184. The zero-order valence-electron chi connectivity index (χ0n) is 24.9. The van der Waals surface area contributed by atoms with E-state index in [0.717, 1.165) is 0 Å². The first kappa shape index (κ1) is 30.5. The summed E-state index contributed by atoms with van der Waals surface area (Å²) in [6.07, 6.45) is 0. The number of rotatable bonds is 0. The molecule has 216 valence electrons. The van der Waals surface area contributed by atoms with Crippen LogP contribution in [0.1, 0.15) is 78.7 Å². The summed E-state index contributed by atoms with van der Waals surface area (Å²) in [5.41, 5.74) is 1.00. The molecule has 0 unspecified atom stereocenters. The van der Waals surface area contributed by atoms with Gasteiger partial charge in [-0.2, -0.15) is 10.2 Å². The van der Waals surface area contributed by atoms with E-state index in [1.165, 1.54) is 0 Å². The van der Waals surface area contributed by atoms with Crippen LogP contribution in [0.2, 0.25) is 0 Å². The quantitative estimate of drug-likeness (QED) is 0.249. The minimum atomic E-state index is 0.184. The predicted octanol–water partition coefficient (Wildman–Crippen LogP) is 6.66. The molecule has 1 aliphatic heterocycles. The van der Waals surface area contributed by atoms with Crippen molar-refractivity contribution in [2.45, 2.75) is 81.8 Å². The highest BCUT2D eigenvalue weighted by Gasteiger charge is 2.13. The molecule has 10 heteroatoms. The highest BCUT2D eigenvalue weighted by atomic mass is 16.5. The Balaban J connectivity index is 0.000000381. The topological polar surface area (TPSA) is 120 Å². The van der Waals surface area contributed by atoms with Crippen LogP contribution in [0.25, 0.3) is 0 Å². The number of aromatic amines is 2. The maximum Gasteiger partial charge on any atom is 0.188 e. The fraction of sp³-hybridized carbons (Fsp3) is 0.467. The van der Waals surface area contributed by atoms with Crippen molar-refractivity contribution in [2.24, 2.45) is 10.8 Å². The number of aromatic nitrogens is 6. The second-order valence-corrected chi connectivity index (χ2v) is 12.4. The summed E-state index contributed by atoms with van der Waals surface area (Å²) in [6.45, 7) is 18.3. The first-order valence-electron chi connectivity index (χ1n) is 13.3. The van der Waals surface area contributed by atoms with Crippen LogP contribution in [0.3, 0.4) is 0 Å². The molecule has 10 nitrogen and oxygen atoms in total. The Morgan fingerprint density at radius 3 is 1.07 bits per heavy atom. The molecule has 2 aromatic carbocycles. The standard InChI is InChI=1S/C20H18N6O4.2C5H12/c1-2-6-14-13(5-1)27-9-17-21-19(25-23-17)11-29-15-7-3-4-8-16(15)30-12-20-22-18(10-28-14)24-26-20;2*1-5(2,3)4/h1-8H,9-12H2,(H,21,23,25)(H,22,24,26);2*1-4H3. The van der Waals surface area contributed by atoms with Gasteiger partial charge in [0.1, 0.15) is 26.4 Å². The summed E-state index contributed by atoms with van der Waals surface area (Å²) in [5, 5.41) is 14.1. The third kappa shape index (κ3) is 11.8. The molecular formula is C30H42N6O4. The summed E-state index contributed by atoms with van der Waals surface area (Å²) in [5.74, 6) is 4.50. The summed E-state index contributed by atoms with van der Waals surface area (Å²) >= 11 is 0. The van der Waals surface area contributed by atoms with Gasteiger partial charge in [-0.1, -0.05) is 79.7 Å². The average molecular weight is 551 g/mol. The maximum absolute atomic E-state index is 5.86. The van der Waals surface area contributed by atoms with E-state index in [1.807, 2.05) is 48.5 Å². The SMILES string of the molecule is CC(C)(C)C.CC(C)(C)C.c1ccc2c(c1)OCc1n[nH]c(n1)COc1ccccc1OCc1n[nH]c(n1)CO2. The minimum Gasteiger partial charge on any atom is -0.482 e. The lowest BCUT2D eigenvalue weighted by molar-refractivity contribution is 0.242. The molecule has 0 fully saturated rings. The number of H-pyrrole nitrogens is 2. The normalized spacial score (nSPS) is 13.4. The number of nitrogens with zero attached hydrogens (tertiary/aromatic N) is 4. The largest absolute Gasteiger partial charge is 0.482 e. The van der Waals surface area contributed by atoms with E-state index >= 15 is 0 Å². The third-order valence-corrected chi connectivity index (χ3v) is 4.30. The van der Waals surface area contributed by atoms with Crippen molar-refractivity contribution < 1.29 is 18.9 Å². The smallest absolute Gasteiger partial charge is 0.188 e. The van der Waals surface area contributed by atoms with Crippen LogP contribution in [0.4, 0.5) is 0 Å². The van der Waals surface area contributed by atoms with Gasteiger partial charge in [-0.3, -0.25) is 10.2 Å². The Bertz CT molecular complexity index is 1120. The summed E-state index contributed by atoms with van der Waals surface area (Å²) in [4.78, 5) is 8.81. The zero-order chi connectivity index (χ0) is 29.2. The van der Waals surface area contributed by atoms with Crippen LogP contribution < -0.4 is 18.9 Å². The number of hydrogen-bond acceptors (Lipinski definition) is 8. The third-order valence-electron chi connectivity index (χ3n) is 4.30. The molecule has 4 aromatic rings. The van der Waals surface area contributed by atoms with E-state index in [4.69, 9.17) is 18.9 Å². The van der Waals surface area contributed by atoms with Gasteiger partial charge in [0.05, 0.1) is 0 Å². The maximum atomic E-state index is 5.86. The molecule has 0 radical (unpaired) electrons. The Labute approximate surface area is 236 Å². The monoisotopic (exact) mass is 550 g/mol. The molecular weight excluding hydrogens is 508 g/mol. The number of benzene rings is 2. The van der Waals surface area contributed by atoms with Crippen molar-refractivity contribution in [3.63, 3.8) is 0 Å². The molecule has 0 spiro atoms. The molecule has 2 N–H and O–H groups in total. The van der Waals surface area contributed by atoms with E-state index < -0.39 is 0 Å². The Hall–Kier alpha value is -4.08. The fourth-order valence-electron chi connectivity index (χ4n) is 2.88. The Kier molecular flexibility index (Phi) is 10.5. The van der Waals surface area contributed by atoms with Gasteiger partial charge in [0.2, 0.25) is 0 Å². The summed E-state index contributed by atoms with van der Waals surface area (Å²) in [7, 11) is 0. The number of hydrogen-bond donors (Lipinski definition) is 2. The molecule has 2 aromatic heterocycles. The van der Waals surface area contributed by atoms with Gasteiger partial charge < -0.3 is 18.9 Å². The van der Waals surface area contributed by atoms with Crippen LogP contribution in [0, 0.1) is 10.8 Å². The van der Waals surface area contributed by atoms with Gasteiger partial charge in [0.15, 0.2) is 46.3 Å². The van der Waals surface area contributed by atoms with Crippen molar-refractivity contribution in [3.05, 3.63) is 71.8 Å². The van der Waals surface area contributed by atoms with Crippen LogP contribution in [0.15, 0.2) is 48.5 Å². The Morgan fingerprint density at radius 1 is 0.500 bits per heavy atom. The number of fused-ring (bicyclic) bond motifs is 6. The van der Waals surface area contributed by atoms with Crippen LogP contribution in [0.5, 0.6) is 23.0 Å². The van der Waals surface area contributed by atoms with Gasteiger partial charge in [0.25, 0.3) is 0 Å². The molecule has 4 bridgehead atoms. The molecule has 3 heterocycles. The molecule has 0 amide bonds.